The van der Waals surface area contributed by atoms with E-state index in [0.717, 1.165) is 11.3 Å². The summed E-state index contributed by atoms with van der Waals surface area (Å²) >= 11 is 1.09. The zero-order valence-electron chi connectivity index (χ0n) is 16.9. The first kappa shape index (κ1) is 21.9. The SMILES string of the molecule is COc1ccc(-c2sc(C(=O)N3CC(O)C(O)C3)cc2-c2ccc(C#N)c(F)c2)cc1F. The molecule has 0 aliphatic carbocycles. The van der Waals surface area contributed by atoms with Crippen LogP contribution in [0.25, 0.3) is 21.6 Å². The predicted octanol–water partition coefficient (Wildman–Crippen LogP) is 3.42. The fourth-order valence-corrected chi connectivity index (χ4v) is 4.74. The van der Waals surface area contributed by atoms with Gasteiger partial charge in [0.2, 0.25) is 0 Å². The van der Waals surface area contributed by atoms with Gasteiger partial charge in [0.1, 0.15) is 11.9 Å². The Hall–Kier alpha value is -3.32. The molecule has 0 saturated carbocycles. The largest absolute Gasteiger partial charge is 0.494 e. The third-order valence-corrected chi connectivity index (χ3v) is 6.48. The van der Waals surface area contributed by atoms with E-state index in [-0.39, 0.29) is 29.3 Å². The molecule has 9 heteroatoms. The minimum atomic E-state index is -1.03. The van der Waals surface area contributed by atoms with Gasteiger partial charge in [0.25, 0.3) is 5.91 Å². The fraction of sp³-hybridized carbons (Fsp3) is 0.217. The van der Waals surface area contributed by atoms with Crippen LogP contribution in [0.3, 0.4) is 0 Å². The van der Waals surface area contributed by atoms with Gasteiger partial charge in [-0.15, -0.1) is 11.3 Å². The number of methoxy groups -OCH3 is 1. The monoisotopic (exact) mass is 456 g/mol. The van der Waals surface area contributed by atoms with Crippen LogP contribution in [0.15, 0.2) is 42.5 Å². The molecular weight excluding hydrogens is 438 g/mol. The van der Waals surface area contributed by atoms with Gasteiger partial charge in [0.15, 0.2) is 11.6 Å². The Balaban J connectivity index is 1.82. The molecule has 32 heavy (non-hydrogen) atoms. The molecule has 2 atom stereocenters. The fourth-order valence-electron chi connectivity index (χ4n) is 3.60. The van der Waals surface area contributed by atoms with E-state index in [9.17, 15) is 23.8 Å². The number of carbonyl (C=O) groups is 1. The molecule has 6 nitrogen and oxygen atoms in total. The van der Waals surface area contributed by atoms with E-state index >= 15 is 0 Å². The highest BCUT2D eigenvalue weighted by atomic mass is 32.1. The average molecular weight is 456 g/mol. The van der Waals surface area contributed by atoms with Crippen molar-refractivity contribution in [3.05, 3.63) is 64.5 Å². The van der Waals surface area contributed by atoms with Crippen LogP contribution in [0, 0.1) is 23.0 Å². The number of benzene rings is 2. The molecule has 0 spiro atoms. The number of aliphatic hydroxyl groups excluding tert-OH is 2. The number of ether oxygens (including phenoxy) is 1. The van der Waals surface area contributed by atoms with Crippen molar-refractivity contribution in [2.45, 2.75) is 12.2 Å². The minimum Gasteiger partial charge on any atom is -0.494 e. The van der Waals surface area contributed by atoms with Crippen LogP contribution in [0.5, 0.6) is 5.75 Å². The number of likely N-dealkylation sites (tertiary alicyclic amines) is 1. The Bertz CT molecular complexity index is 1230. The number of carbonyl (C=O) groups excluding carboxylic acids is 1. The molecule has 0 bridgehead atoms. The van der Waals surface area contributed by atoms with Gasteiger partial charge in [-0.2, -0.15) is 5.26 Å². The van der Waals surface area contributed by atoms with Gasteiger partial charge < -0.3 is 19.8 Å². The zero-order chi connectivity index (χ0) is 23.0. The highest BCUT2D eigenvalue weighted by Crippen LogP contribution is 2.41. The summed E-state index contributed by atoms with van der Waals surface area (Å²) in [6, 6.07) is 11.8. The molecule has 2 aromatic carbocycles. The van der Waals surface area contributed by atoms with E-state index in [1.807, 2.05) is 0 Å². The molecule has 2 unspecified atom stereocenters. The summed E-state index contributed by atoms with van der Waals surface area (Å²) in [5.74, 6) is -1.63. The molecule has 4 rings (SSSR count). The van der Waals surface area contributed by atoms with Gasteiger partial charge in [-0.3, -0.25) is 4.79 Å². The Labute approximate surface area is 186 Å². The van der Waals surface area contributed by atoms with Gasteiger partial charge in [0.05, 0.1) is 29.8 Å². The summed E-state index contributed by atoms with van der Waals surface area (Å²) in [6.07, 6.45) is -2.05. The van der Waals surface area contributed by atoms with E-state index in [1.165, 1.54) is 36.3 Å². The molecule has 1 fully saturated rings. The lowest BCUT2D eigenvalue weighted by atomic mass is 10.0. The molecule has 1 amide bonds. The van der Waals surface area contributed by atoms with Crippen LogP contribution >= 0.6 is 11.3 Å². The van der Waals surface area contributed by atoms with Gasteiger partial charge >= 0.3 is 0 Å². The molecular formula is C23H18F2N2O4S. The standard InChI is InChI=1S/C23H18F2N2O4S/c1-31-20-5-4-13(7-17(20)25)22-15(12-2-3-14(9-26)16(24)6-12)8-21(32-22)23(30)27-10-18(28)19(29)11-27/h2-8,18-19,28-29H,10-11H2,1H3. The normalized spacial score (nSPS) is 17.9. The van der Waals surface area contributed by atoms with Crippen molar-refractivity contribution < 1.29 is 28.5 Å². The Morgan fingerprint density at radius 1 is 1.09 bits per heavy atom. The summed E-state index contributed by atoms with van der Waals surface area (Å²) in [6.45, 7) is -0.0174. The third kappa shape index (κ3) is 3.96. The number of rotatable bonds is 4. The maximum Gasteiger partial charge on any atom is 0.264 e. The first-order valence-corrected chi connectivity index (χ1v) is 10.5. The lowest BCUT2D eigenvalue weighted by molar-refractivity contribution is 0.0572. The Kier molecular flexibility index (Phi) is 5.93. The maximum atomic E-state index is 14.4. The first-order chi connectivity index (χ1) is 15.3. The number of halogens is 2. The maximum absolute atomic E-state index is 14.4. The highest BCUT2D eigenvalue weighted by molar-refractivity contribution is 7.18. The molecule has 1 saturated heterocycles. The van der Waals surface area contributed by atoms with Crippen LogP contribution in [0.4, 0.5) is 8.78 Å². The smallest absolute Gasteiger partial charge is 0.264 e. The van der Waals surface area contributed by atoms with Crippen molar-refractivity contribution in [2.24, 2.45) is 0 Å². The van der Waals surface area contributed by atoms with E-state index < -0.39 is 29.7 Å². The molecule has 1 aliphatic rings. The van der Waals surface area contributed by atoms with Gasteiger partial charge in [-0.25, -0.2) is 8.78 Å². The molecule has 1 aliphatic heterocycles. The number of nitriles is 1. The van der Waals surface area contributed by atoms with Crippen LogP contribution in [0.1, 0.15) is 15.2 Å². The molecule has 1 aromatic heterocycles. The third-order valence-electron chi connectivity index (χ3n) is 5.30. The second-order valence-corrected chi connectivity index (χ2v) is 8.41. The van der Waals surface area contributed by atoms with Crippen LogP contribution in [-0.2, 0) is 0 Å². The van der Waals surface area contributed by atoms with Crippen molar-refractivity contribution in [1.82, 2.24) is 4.90 Å². The topological polar surface area (TPSA) is 93.8 Å². The Morgan fingerprint density at radius 3 is 2.34 bits per heavy atom. The summed E-state index contributed by atoms with van der Waals surface area (Å²) in [7, 11) is 1.35. The molecule has 164 valence electrons. The van der Waals surface area contributed by atoms with E-state index in [2.05, 4.69) is 0 Å². The lowest BCUT2D eigenvalue weighted by Gasteiger charge is -2.13. The van der Waals surface area contributed by atoms with Crippen molar-refractivity contribution in [2.75, 3.05) is 20.2 Å². The number of β-amino-alcohol motifs (C(OH)–C–C–N with tert-alkyl or cyclic N) is 2. The highest BCUT2D eigenvalue weighted by Gasteiger charge is 2.34. The first-order valence-electron chi connectivity index (χ1n) is 9.65. The number of nitrogens with zero attached hydrogens (tertiary/aromatic N) is 2. The molecule has 2 N–H and O–H groups in total. The van der Waals surface area contributed by atoms with E-state index in [1.54, 1.807) is 24.3 Å². The second kappa shape index (κ2) is 8.67. The van der Waals surface area contributed by atoms with Gasteiger partial charge in [0, 0.05) is 23.5 Å². The van der Waals surface area contributed by atoms with Gasteiger partial charge in [-0.1, -0.05) is 6.07 Å². The average Bonchev–Trinajstić information content (AvgIpc) is 3.37. The predicted molar refractivity (Wildman–Crippen MR) is 114 cm³/mol. The summed E-state index contributed by atoms with van der Waals surface area (Å²) in [5, 5.41) is 28.6. The number of hydrogen-bond acceptors (Lipinski definition) is 6. The molecule has 3 aromatic rings. The van der Waals surface area contributed by atoms with E-state index in [4.69, 9.17) is 10.00 Å². The van der Waals surface area contributed by atoms with Crippen molar-refractivity contribution in [3.8, 4) is 33.4 Å². The van der Waals surface area contributed by atoms with Crippen molar-refractivity contribution >= 4 is 17.2 Å². The summed E-state index contributed by atoms with van der Waals surface area (Å²) < 4.78 is 33.7. The lowest BCUT2D eigenvalue weighted by Crippen LogP contribution is -2.29. The van der Waals surface area contributed by atoms with Crippen molar-refractivity contribution in [1.29, 1.82) is 5.26 Å². The summed E-state index contributed by atoms with van der Waals surface area (Å²) in [5.41, 5.74) is 1.27. The van der Waals surface area contributed by atoms with Crippen LogP contribution in [0.2, 0.25) is 0 Å². The quantitative estimate of drug-likeness (QED) is 0.628. The second-order valence-electron chi connectivity index (χ2n) is 7.35. The van der Waals surface area contributed by atoms with Crippen LogP contribution in [-0.4, -0.2) is 53.4 Å². The van der Waals surface area contributed by atoms with Gasteiger partial charge in [-0.05, 0) is 47.5 Å². The number of thiophene rings is 1. The number of aliphatic hydroxyl groups is 2. The molecule has 0 radical (unpaired) electrons. The number of hydrogen-bond donors (Lipinski definition) is 2. The minimum absolute atomic E-state index is 0.00871. The number of amides is 1. The Morgan fingerprint density at radius 2 is 1.75 bits per heavy atom. The molecule has 2 heterocycles. The summed E-state index contributed by atoms with van der Waals surface area (Å²) in [4.78, 5) is 15.2. The van der Waals surface area contributed by atoms with Crippen molar-refractivity contribution in [3.63, 3.8) is 0 Å². The zero-order valence-corrected chi connectivity index (χ0v) is 17.7. The van der Waals surface area contributed by atoms with Crippen LogP contribution < -0.4 is 4.74 Å². The van der Waals surface area contributed by atoms with E-state index in [0.29, 0.717) is 21.6 Å².